The number of halogens is 4. The van der Waals surface area contributed by atoms with E-state index in [9.17, 15) is 14.4 Å². The van der Waals surface area contributed by atoms with Crippen molar-refractivity contribution in [2.24, 2.45) is 0 Å². The molecule has 0 bridgehead atoms. The largest absolute Gasteiger partial charge is 0.493 e. The Hall–Kier alpha value is -3.04. The molecule has 190 valence electrons. The molecule has 1 saturated heterocycles. The van der Waals surface area contributed by atoms with Gasteiger partial charge in [-0.25, -0.2) is 9.69 Å². The predicted molar refractivity (Wildman–Crippen MR) is 147 cm³/mol. The zero-order valence-corrected chi connectivity index (χ0v) is 23.3. The Balaban J connectivity index is 1.65. The normalized spacial score (nSPS) is 14.7. The maximum atomic E-state index is 13.3. The maximum absolute atomic E-state index is 13.3. The van der Waals surface area contributed by atoms with Crippen molar-refractivity contribution in [2.75, 3.05) is 12.0 Å². The summed E-state index contributed by atoms with van der Waals surface area (Å²) in [5, 5.41) is 3.32. The molecule has 1 N–H and O–H groups in total. The summed E-state index contributed by atoms with van der Waals surface area (Å²) >= 11 is 22.0. The standard InChI is InChI=1S/C26H18BrCl3N2O5/c1-13-7-16(27)4-6-21(13)32-25(34)18(24(33)31-26(32)35)8-14-9-20(30)23(22(10-14)36-2)37-12-15-3-5-17(28)11-19(15)29/h3-11H,12H2,1-2H3,(H,31,33,35)/b18-8-. The van der Waals surface area contributed by atoms with Gasteiger partial charge in [0.05, 0.1) is 17.8 Å². The first-order valence-corrected chi connectivity index (χ1v) is 12.6. The van der Waals surface area contributed by atoms with E-state index < -0.39 is 17.8 Å². The Bertz CT molecular complexity index is 1470. The average Bonchev–Trinajstić information content (AvgIpc) is 2.83. The number of urea groups is 1. The van der Waals surface area contributed by atoms with E-state index in [2.05, 4.69) is 21.2 Å². The lowest BCUT2D eigenvalue weighted by Gasteiger charge is -2.27. The van der Waals surface area contributed by atoms with Crippen LogP contribution in [-0.4, -0.2) is 25.0 Å². The van der Waals surface area contributed by atoms with Crippen molar-refractivity contribution in [3.05, 3.63) is 90.3 Å². The van der Waals surface area contributed by atoms with Crippen molar-refractivity contribution in [3.63, 3.8) is 0 Å². The lowest BCUT2D eigenvalue weighted by molar-refractivity contribution is -0.122. The number of hydrogen-bond acceptors (Lipinski definition) is 5. The summed E-state index contributed by atoms with van der Waals surface area (Å²) in [6, 6.07) is 12.3. The molecule has 37 heavy (non-hydrogen) atoms. The van der Waals surface area contributed by atoms with Gasteiger partial charge in [0.2, 0.25) is 0 Å². The lowest BCUT2D eigenvalue weighted by atomic mass is 10.1. The molecule has 0 aromatic heterocycles. The van der Waals surface area contributed by atoms with Gasteiger partial charge in [-0.2, -0.15) is 0 Å². The van der Waals surface area contributed by atoms with Crippen molar-refractivity contribution in [1.29, 1.82) is 0 Å². The van der Waals surface area contributed by atoms with Gasteiger partial charge in [-0.1, -0.05) is 56.8 Å². The van der Waals surface area contributed by atoms with Crippen LogP contribution in [0.1, 0.15) is 16.7 Å². The van der Waals surface area contributed by atoms with Gasteiger partial charge in [0, 0.05) is 20.1 Å². The van der Waals surface area contributed by atoms with Gasteiger partial charge < -0.3 is 9.47 Å². The second kappa shape index (κ2) is 11.1. The molecule has 1 aliphatic rings. The van der Waals surface area contributed by atoms with Crippen LogP contribution in [0, 0.1) is 6.92 Å². The summed E-state index contributed by atoms with van der Waals surface area (Å²) in [6.07, 6.45) is 1.33. The molecule has 0 atom stereocenters. The fourth-order valence-corrected chi connectivity index (χ4v) is 4.88. The van der Waals surface area contributed by atoms with Crippen molar-refractivity contribution in [2.45, 2.75) is 13.5 Å². The topological polar surface area (TPSA) is 84.9 Å². The SMILES string of the molecule is COc1cc(/C=C2/C(=O)NC(=O)N(c3ccc(Br)cc3C)C2=O)cc(Cl)c1OCc1ccc(Cl)cc1Cl. The van der Waals surface area contributed by atoms with Crippen molar-refractivity contribution in [1.82, 2.24) is 5.32 Å². The van der Waals surface area contributed by atoms with Gasteiger partial charge in [0.25, 0.3) is 11.8 Å². The average molecular weight is 625 g/mol. The first-order chi connectivity index (χ1) is 17.6. The third kappa shape index (κ3) is 5.78. The number of carbonyl (C=O) groups excluding carboxylic acids is 3. The Morgan fingerprint density at radius 3 is 2.43 bits per heavy atom. The van der Waals surface area contributed by atoms with Crippen LogP contribution in [0.2, 0.25) is 15.1 Å². The van der Waals surface area contributed by atoms with Gasteiger partial charge in [0.15, 0.2) is 11.5 Å². The predicted octanol–water partition coefficient (Wildman–Crippen LogP) is 6.97. The molecule has 0 spiro atoms. The fourth-order valence-electron chi connectivity index (χ4n) is 3.66. The summed E-state index contributed by atoms with van der Waals surface area (Å²) in [7, 11) is 1.43. The van der Waals surface area contributed by atoms with Gasteiger partial charge in [0.1, 0.15) is 12.2 Å². The summed E-state index contributed by atoms with van der Waals surface area (Å²) in [6.45, 7) is 1.85. The molecule has 11 heteroatoms. The molecule has 1 aliphatic heterocycles. The van der Waals surface area contributed by atoms with Crippen LogP contribution in [0.15, 0.2) is 58.6 Å². The van der Waals surface area contributed by atoms with E-state index in [1.807, 2.05) is 0 Å². The smallest absolute Gasteiger partial charge is 0.335 e. The minimum atomic E-state index is -0.835. The number of ether oxygens (including phenoxy) is 2. The molecule has 0 saturated carbocycles. The monoisotopic (exact) mass is 622 g/mol. The number of hydrogen-bond donors (Lipinski definition) is 1. The number of aryl methyl sites for hydroxylation is 1. The van der Waals surface area contributed by atoms with E-state index in [0.29, 0.717) is 32.4 Å². The van der Waals surface area contributed by atoms with Crippen LogP contribution in [0.4, 0.5) is 10.5 Å². The number of anilines is 1. The quantitative estimate of drug-likeness (QED) is 0.237. The lowest BCUT2D eigenvalue weighted by Crippen LogP contribution is -2.54. The van der Waals surface area contributed by atoms with Crippen molar-refractivity contribution < 1.29 is 23.9 Å². The number of barbiturate groups is 1. The molecule has 3 aromatic carbocycles. The zero-order valence-electron chi connectivity index (χ0n) is 19.4. The highest BCUT2D eigenvalue weighted by atomic mass is 79.9. The second-order valence-electron chi connectivity index (χ2n) is 7.95. The molecule has 4 rings (SSSR count). The molecule has 7 nitrogen and oxygen atoms in total. The van der Waals surface area contributed by atoms with Crippen LogP contribution < -0.4 is 19.7 Å². The van der Waals surface area contributed by atoms with E-state index in [4.69, 9.17) is 44.3 Å². The highest BCUT2D eigenvalue weighted by Crippen LogP contribution is 2.38. The Labute approximate surface area is 236 Å². The summed E-state index contributed by atoms with van der Waals surface area (Å²) in [5.74, 6) is -1.08. The molecular weight excluding hydrogens is 607 g/mol. The highest BCUT2D eigenvalue weighted by molar-refractivity contribution is 9.10. The maximum Gasteiger partial charge on any atom is 0.335 e. The summed E-state index contributed by atoms with van der Waals surface area (Å²) < 4.78 is 12.1. The number of rotatable bonds is 6. The minimum absolute atomic E-state index is 0.0943. The van der Waals surface area contributed by atoms with Crippen LogP contribution in [0.5, 0.6) is 11.5 Å². The van der Waals surface area contributed by atoms with Gasteiger partial charge in [-0.3, -0.25) is 14.9 Å². The van der Waals surface area contributed by atoms with E-state index in [1.165, 1.54) is 19.3 Å². The Morgan fingerprint density at radius 2 is 1.76 bits per heavy atom. The molecule has 4 amide bonds. The summed E-state index contributed by atoms with van der Waals surface area (Å²) in [5.41, 5.74) is 1.84. The molecule has 0 radical (unpaired) electrons. The summed E-state index contributed by atoms with van der Waals surface area (Å²) in [4.78, 5) is 39.3. The first kappa shape index (κ1) is 27.0. The van der Waals surface area contributed by atoms with Gasteiger partial charge >= 0.3 is 6.03 Å². The van der Waals surface area contributed by atoms with Gasteiger partial charge in [-0.05, 0) is 66.6 Å². The van der Waals surface area contributed by atoms with Crippen LogP contribution in [-0.2, 0) is 16.2 Å². The first-order valence-electron chi connectivity index (χ1n) is 10.7. The fraction of sp³-hybridized carbons (Fsp3) is 0.115. The van der Waals surface area contributed by atoms with Crippen LogP contribution >= 0.6 is 50.7 Å². The molecular formula is C26H18BrCl3N2O5. The number of nitrogens with zero attached hydrogens (tertiary/aromatic N) is 1. The number of nitrogens with one attached hydrogen (secondary N) is 1. The number of benzene rings is 3. The number of carbonyl (C=O) groups is 3. The Kier molecular flexibility index (Phi) is 8.14. The highest BCUT2D eigenvalue weighted by Gasteiger charge is 2.37. The molecule has 0 aliphatic carbocycles. The number of methoxy groups -OCH3 is 1. The van der Waals surface area contributed by atoms with Crippen molar-refractivity contribution >= 4 is 80.3 Å². The molecule has 1 heterocycles. The van der Waals surface area contributed by atoms with Crippen LogP contribution in [0.3, 0.4) is 0 Å². The Morgan fingerprint density at radius 1 is 1.00 bits per heavy atom. The van der Waals surface area contributed by atoms with E-state index in [0.717, 1.165) is 9.37 Å². The second-order valence-corrected chi connectivity index (χ2v) is 10.1. The van der Waals surface area contributed by atoms with E-state index in [1.54, 1.807) is 49.4 Å². The minimum Gasteiger partial charge on any atom is -0.493 e. The van der Waals surface area contributed by atoms with Crippen molar-refractivity contribution in [3.8, 4) is 11.5 Å². The van der Waals surface area contributed by atoms with E-state index >= 15 is 0 Å². The third-order valence-electron chi connectivity index (χ3n) is 5.45. The number of imide groups is 2. The van der Waals surface area contributed by atoms with Gasteiger partial charge in [-0.15, -0.1) is 0 Å². The third-order valence-corrected chi connectivity index (χ3v) is 6.81. The molecule has 1 fully saturated rings. The molecule has 0 unspecified atom stereocenters. The van der Waals surface area contributed by atoms with Crippen LogP contribution in [0.25, 0.3) is 6.08 Å². The van der Waals surface area contributed by atoms with E-state index in [-0.39, 0.29) is 28.7 Å². The zero-order chi connectivity index (χ0) is 26.9. The number of amides is 4. The molecule has 3 aromatic rings.